The lowest BCUT2D eigenvalue weighted by Crippen LogP contribution is -2.19. The maximum Gasteiger partial charge on any atom is 0.0588 e. The highest BCUT2D eigenvalue weighted by Gasteiger charge is 2.18. The Morgan fingerprint density at radius 2 is 1.60 bits per heavy atom. The molecule has 3 heteroatoms. The van der Waals surface area contributed by atoms with Gasteiger partial charge in [-0.05, 0) is 67.8 Å². The molecule has 0 fully saturated rings. The Bertz CT molecular complexity index is 635. The molecule has 0 aliphatic rings. The third-order valence-electron chi connectivity index (χ3n) is 3.84. The number of aryl methyl sites for hydroxylation is 2. The van der Waals surface area contributed by atoms with E-state index < -0.39 is 0 Å². The van der Waals surface area contributed by atoms with Crippen LogP contribution in [-0.4, -0.2) is 7.05 Å². The second-order valence-electron chi connectivity index (χ2n) is 5.13. The summed E-state index contributed by atoms with van der Waals surface area (Å²) < 4.78 is 2.28. The number of hydrogen-bond acceptors (Lipinski definition) is 1. The van der Waals surface area contributed by atoms with Gasteiger partial charge in [-0.25, -0.2) is 0 Å². The Kier molecular flexibility index (Phi) is 5.05. The molecule has 0 radical (unpaired) electrons. The van der Waals surface area contributed by atoms with E-state index in [4.69, 9.17) is 0 Å². The van der Waals surface area contributed by atoms with Crippen LogP contribution in [0.15, 0.2) is 39.3 Å². The monoisotopic (exact) mass is 395 g/mol. The van der Waals surface area contributed by atoms with Gasteiger partial charge < -0.3 is 5.32 Å². The van der Waals surface area contributed by atoms with Crippen molar-refractivity contribution in [2.45, 2.75) is 26.8 Å². The molecule has 0 heterocycles. The van der Waals surface area contributed by atoms with Gasteiger partial charge in [-0.3, -0.25) is 0 Å². The molecule has 0 amide bonds. The Morgan fingerprint density at radius 1 is 0.900 bits per heavy atom. The Labute approximate surface area is 138 Å². The first-order chi connectivity index (χ1) is 9.45. The highest BCUT2D eigenvalue weighted by molar-refractivity contribution is 9.11. The SMILES string of the molecule is CNC(c1cc(Br)c(C)cc1Br)c1cccc(C)c1C. The average molecular weight is 397 g/mol. The molecule has 0 saturated heterocycles. The zero-order chi connectivity index (χ0) is 14.9. The van der Waals surface area contributed by atoms with Crippen LogP contribution in [0.3, 0.4) is 0 Å². The van der Waals surface area contributed by atoms with Crippen molar-refractivity contribution in [2.24, 2.45) is 0 Å². The molecule has 1 unspecified atom stereocenters. The van der Waals surface area contributed by atoms with Gasteiger partial charge in [-0.15, -0.1) is 0 Å². The zero-order valence-corrected chi connectivity index (χ0v) is 15.4. The van der Waals surface area contributed by atoms with Crippen molar-refractivity contribution in [1.29, 1.82) is 0 Å². The minimum Gasteiger partial charge on any atom is -0.309 e. The van der Waals surface area contributed by atoms with Crippen LogP contribution in [0.4, 0.5) is 0 Å². The highest BCUT2D eigenvalue weighted by Crippen LogP contribution is 2.34. The van der Waals surface area contributed by atoms with Crippen LogP contribution in [0.1, 0.15) is 33.9 Å². The third kappa shape index (κ3) is 3.00. The van der Waals surface area contributed by atoms with E-state index in [2.05, 4.69) is 88.3 Å². The van der Waals surface area contributed by atoms with Crippen molar-refractivity contribution in [3.05, 3.63) is 67.1 Å². The van der Waals surface area contributed by atoms with Crippen molar-refractivity contribution in [3.8, 4) is 0 Å². The average Bonchev–Trinajstić information content (AvgIpc) is 2.41. The summed E-state index contributed by atoms with van der Waals surface area (Å²) >= 11 is 7.34. The fourth-order valence-electron chi connectivity index (χ4n) is 2.45. The van der Waals surface area contributed by atoms with Gasteiger partial charge in [0.1, 0.15) is 0 Å². The van der Waals surface area contributed by atoms with E-state index in [1.165, 1.54) is 27.8 Å². The second kappa shape index (κ2) is 6.42. The summed E-state index contributed by atoms with van der Waals surface area (Å²) in [6, 6.07) is 11.0. The molecule has 2 rings (SSSR count). The van der Waals surface area contributed by atoms with Gasteiger partial charge in [0.15, 0.2) is 0 Å². The van der Waals surface area contributed by atoms with Crippen molar-refractivity contribution in [1.82, 2.24) is 5.32 Å². The van der Waals surface area contributed by atoms with Gasteiger partial charge in [0.25, 0.3) is 0 Å². The fourth-order valence-corrected chi connectivity index (χ4v) is 3.50. The van der Waals surface area contributed by atoms with Gasteiger partial charge >= 0.3 is 0 Å². The number of benzene rings is 2. The molecule has 0 aromatic heterocycles. The molecule has 106 valence electrons. The highest BCUT2D eigenvalue weighted by atomic mass is 79.9. The molecule has 0 spiro atoms. The number of halogens is 2. The van der Waals surface area contributed by atoms with Crippen LogP contribution >= 0.6 is 31.9 Å². The van der Waals surface area contributed by atoms with E-state index in [-0.39, 0.29) is 6.04 Å². The Morgan fingerprint density at radius 3 is 2.25 bits per heavy atom. The molecule has 0 aliphatic carbocycles. The maximum atomic E-state index is 3.70. The van der Waals surface area contributed by atoms with Crippen molar-refractivity contribution < 1.29 is 0 Å². The molecule has 2 aromatic carbocycles. The molecule has 1 nitrogen and oxygen atoms in total. The minimum absolute atomic E-state index is 0.182. The number of nitrogens with one attached hydrogen (secondary N) is 1. The van der Waals surface area contributed by atoms with E-state index >= 15 is 0 Å². The van der Waals surface area contributed by atoms with Crippen LogP contribution in [0.5, 0.6) is 0 Å². The summed E-state index contributed by atoms with van der Waals surface area (Å²) in [4.78, 5) is 0. The molecular weight excluding hydrogens is 378 g/mol. The van der Waals surface area contributed by atoms with Crippen molar-refractivity contribution in [2.75, 3.05) is 7.05 Å². The van der Waals surface area contributed by atoms with Gasteiger partial charge in [0, 0.05) is 8.95 Å². The standard InChI is InChI=1S/C17H19Br2N/c1-10-6-5-7-13(12(10)3)17(20-4)14-9-15(18)11(2)8-16(14)19/h5-9,17,20H,1-4H3. The first kappa shape index (κ1) is 15.7. The Balaban J connectivity index is 2.58. The largest absolute Gasteiger partial charge is 0.309 e. The number of rotatable bonds is 3. The van der Waals surface area contributed by atoms with Crippen molar-refractivity contribution >= 4 is 31.9 Å². The van der Waals surface area contributed by atoms with Crippen LogP contribution in [-0.2, 0) is 0 Å². The van der Waals surface area contributed by atoms with E-state index in [0.717, 1.165) is 8.95 Å². The predicted molar refractivity (Wildman–Crippen MR) is 93.4 cm³/mol. The van der Waals surface area contributed by atoms with E-state index in [0.29, 0.717) is 0 Å². The lowest BCUT2D eigenvalue weighted by molar-refractivity contribution is 0.683. The lowest BCUT2D eigenvalue weighted by Gasteiger charge is -2.22. The predicted octanol–water partition coefficient (Wildman–Crippen LogP) is 5.45. The first-order valence-corrected chi connectivity index (χ1v) is 8.23. The minimum atomic E-state index is 0.182. The summed E-state index contributed by atoms with van der Waals surface area (Å²) in [6.07, 6.45) is 0. The zero-order valence-electron chi connectivity index (χ0n) is 12.2. The van der Waals surface area contributed by atoms with Gasteiger partial charge in [0.2, 0.25) is 0 Å². The van der Waals surface area contributed by atoms with Crippen LogP contribution in [0.25, 0.3) is 0 Å². The van der Waals surface area contributed by atoms with Crippen LogP contribution in [0, 0.1) is 20.8 Å². The molecule has 2 aromatic rings. The summed E-state index contributed by atoms with van der Waals surface area (Å²) in [6.45, 7) is 6.45. The second-order valence-corrected chi connectivity index (χ2v) is 6.84. The molecule has 20 heavy (non-hydrogen) atoms. The van der Waals surface area contributed by atoms with Crippen LogP contribution in [0.2, 0.25) is 0 Å². The smallest absolute Gasteiger partial charge is 0.0588 e. The van der Waals surface area contributed by atoms with Gasteiger partial charge in [-0.2, -0.15) is 0 Å². The normalized spacial score (nSPS) is 12.5. The first-order valence-electron chi connectivity index (χ1n) is 6.64. The van der Waals surface area contributed by atoms with E-state index in [9.17, 15) is 0 Å². The maximum absolute atomic E-state index is 3.70. The molecule has 0 aliphatic heterocycles. The van der Waals surface area contributed by atoms with E-state index in [1.54, 1.807) is 0 Å². The van der Waals surface area contributed by atoms with Crippen LogP contribution < -0.4 is 5.32 Å². The number of hydrogen-bond donors (Lipinski definition) is 1. The lowest BCUT2D eigenvalue weighted by atomic mass is 9.92. The van der Waals surface area contributed by atoms with Gasteiger partial charge in [0.05, 0.1) is 6.04 Å². The molecule has 0 saturated carbocycles. The molecule has 1 N–H and O–H groups in total. The molecular formula is C17H19Br2N. The third-order valence-corrected chi connectivity index (χ3v) is 5.38. The Hall–Kier alpha value is -0.640. The topological polar surface area (TPSA) is 12.0 Å². The quantitative estimate of drug-likeness (QED) is 0.727. The molecule has 1 atom stereocenters. The summed E-state index contributed by atoms with van der Waals surface area (Å²) in [7, 11) is 2.01. The summed E-state index contributed by atoms with van der Waals surface area (Å²) in [5, 5.41) is 3.44. The fraction of sp³-hybridized carbons (Fsp3) is 0.294. The summed E-state index contributed by atoms with van der Waals surface area (Å²) in [5.41, 5.74) is 6.47. The van der Waals surface area contributed by atoms with Gasteiger partial charge in [-0.1, -0.05) is 50.1 Å². The molecule has 0 bridgehead atoms. The summed E-state index contributed by atoms with van der Waals surface area (Å²) in [5.74, 6) is 0. The van der Waals surface area contributed by atoms with Crippen molar-refractivity contribution in [3.63, 3.8) is 0 Å². The van der Waals surface area contributed by atoms with E-state index in [1.807, 2.05) is 7.05 Å².